The van der Waals surface area contributed by atoms with Gasteiger partial charge in [-0.3, -0.25) is 11.3 Å². The summed E-state index contributed by atoms with van der Waals surface area (Å²) in [4.78, 5) is 0. The fourth-order valence-electron chi connectivity index (χ4n) is 1.97. The molecule has 2 nitrogen and oxygen atoms in total. The molecule has 0 aromatic heterocycles. The van der Waals surface area contributed by atoms with E-state index in [9.17, 15) is 4.39 Å². The number of halogens is 2. The fraction of sp³-hybridized carbons (Fsp3) is 0.500. The van der Waals surface area contributed by atoms with Crippen LogP contribution in [0.5, 0.6) is 0 Å². The van der Waals surface area contributed by atoms with Crippen LogP contribution in [0.15, 0.2) is 22.7 Å². The Labute approximate surface area is 105 Å². The van der Waals surface area contributed by atoms with Crippen LogP contribution in [0.25, 0.3) is 0 Å². The molecule has 0 saturated carbocycles. The van der Waals surface area contributed by atoms with Gasteiger partial charge in [0.15, 0.2) is 0 Å². The topological polar surface area (TPSA) is 38.0 Å². The second kappa shape index (κ2) is 6.33. The first-order valence-electron chi connectivity index (χ1n) is 5.55. The summed E-state index contributed by atoms with van der Waals surface area (Å²) in [5.41, 5.74) is 3.84. The quantitative estimate of drug-likeness (QED) is 0.643. The zero-order chi connectivity index (χ0) is 12.1. The highest BCUT2D eigenvalue weighted by Crippen LogP contribution is 2.29. The van der Waals surface area contributed by atoms with Crippen molar-refractivity contribution in [3.05, 3.63) is 34.1 Å². The predicted molar refractivity (Wildman–Crippen MR) is 68.2 cm³/mol. The molecular weight excluding hydrogens is 271 g/mol. The summed E-state index contributed by atoms with van der Waals surface area (Å²) in [7, 11) is 0. The summed E-state index contributed by atoms with van der Waals surface area (Å²) in [5, 5.41) is 0. The Hall–Kier alpha value is -0.450. The van der Waals surface area contributed by atoms with Crippen molar-refractivity contribution in [2.24, 2.45) is 11.8 Å². The highest BCUT2D eigenvalue weighted by atomic mass is 79.9. The molecule has 1 aromatic carbocycles. The maximum Gasteiger partial charge on any atom is 0.137 e. The lowest BCUT2D eigenvalue weighted by Crippen LogP contribution is -2.33. The standard InChI is InChI=1S/C12H18BrFN2/c1-3-8(4-2)12(16-15)9-5-6-11(14)10(13)7-9/h5-8,12,16H,3-4,15H2,1-2H3. The lowest BCUT2D eigenvalue weighted by Gasteiger charge is -2.25. The lowest BCUT2D eigenvalue weighted by molar-refractivity contribution is 0.345. The molecule has 1 aromatic rings. The van der Waals surface area contributed by atoms with E-state index in [1.54, 1.807) is 12.1 Å². The van der Waals surface area contributed by atoms with E-state index in [4.69, 9.17) is 5.84 Å². The molecule has 0 heterocycles. The summed E-state index contributed by atoms with van der Waals surface area (Å²) in [5.74, 6) is 5.80. The van der Waals surface area contributed by atoms with Crippen molar-refractivity contribution in [3.8, 4) is 0 Å². The molecule has 0 radical (unpaired) electrons. The van der Waals surface area contributed by atoms with Gasteiger partial charge in [-0.1, -0.05) is 32.8 Å². The maximum atomic E-state index is 13.1. The number of hydrogen-bond donors (Lipinski definition) is 2. The summed E-state index contributed by atoms with van der Waals surface area (Å²) < 4.78 is 13.6. The van der Waals surface area contributed by atoms with Gasteiger partial charge in [-0.15, -0.1) is 0 Å². The van der Waals surface area contributed by atoms with Crippen molar-refractivity contribution in [1.29, 1.82) is 0 Å². The van der Waals surface area contributed by atoms with Gasteiger partial charge in [0.05, 0.1) is 4.47 Å². The van der Waals surface area contributed by atoms with Crippen LogP contribution >= 0.6 is 15.9 Å². The Morgan fingerprint density at radius 1 is 1.38 bits per heavy atom. The molecule has 0 aliphatic rings. The predicted octanol–water partition coefficient (Wildman–Crippen LogP) is 3.53. The van der Waals surface area contributed by atoms with Crippen molar-refractivity contribution in [3.63, 3.8) is 0 Å². The third-order valence-corrected chi connectivity index (χ3v) is 3.61. The number of nitrogens with two attached hydrogens (primary N) is 1. The van der Waals surface area contributed by atoms with Crippen LogP contribution < -0.4 is 11.3 Å². The van der Waals surface area contributed by atoms with E-state index in [0.717, 1.165) is 18.4 Å². The smallest absolute Gasteiger partial charge is 0.137 e. The van der Waals surface area contributed by atoms with Gasteiger partial charge in [0.2, 0.25) is 0 Å². The van der Waals surface area contributed by atoms with Gasteiger partial charge in [-0.2, -0.15) is 0 Å². The highest BCUT2D eigenvalue weighted by Gasteiger charge is 2.19. The van der Waals surface area contributed by atoms with Gasteiger partial charge in [0.1, 0.15) is 5.82 Å². The van der Waals surface area contributed by atoms with Crippen molar-refractivity contribution < 1.29 is 4.39 Å². The van der Waals surface area contributed by atoms with E-state index in [0.29, 0.717) is 10.4 Å². The Balaban J connectivity index is 2.98. The number of nitrogens with one attached hydrogen (secondary N) is 1. The molecule has 0 fully saturated rings. The van der Waals surface area contributed by atoms with Crippen molar-refractivity contribution in [2.45, 2.75) is 32.7 Å². The third-order valence-electron chi connectivity index (χ3n) is 3.00. The van der Waals surface area contributed by atoms with Crippen LogP contribution in [-0.4, -0.2) is 0 Å². The molecule has 1 rings (SSSR count). The summed E-state index contributed by atoms with van der Waals surface area (Å²) in [6, 6.07) is 5.11. The SMILES string of the molecule is CCC(CC)C(NN)c1ccc(F)c(Br)c1. The van der Waals surface area contributed by atoms with Gasteiger partial charge in [-0.25, -0.2) is 4.39 Å². The van der Waals surface area contributed by atoms with Crippen molar-refractivity contribution in [1.82, 2.24) is 5.43 Å². The number of hydrogen-bond acceptors (Lipinski definition) is 2. The minimum atomic E-state index is -0.246. The molecule has 90 valence electrons. The molecule has 0 bridgehead atoms. The van der Waals surface area contributed by atoms with E-state index in [2.05, 4.69) is 35.2 Å². The summed E-state index contributed by atoms with van der Waals surface area (Å²) in [6.07, 6.45) is 2.08. The fourth-order valence-corrected chi connectivity index (χ4v) is 2.37. The average molecular weight is 289 g/mol. The van der Waals surface area contributed by atoms with Crippen LogP contribution in [0.1, 0.15) is 38.3 Å². The Morgan fingerprint density at radius 3 is 2.44 bits per heavy atom. The normalized spacial score (nSPS) is 13.1. The van der Waals surface area contributed by atoms with E-state index in [1.165, 1.54) is 6.07 Å². The van der Waals surface area contributed by atoms with Gasteiger partial charge in [-0.05, 0) is 39.5 Å². The van der Waals surface area contributed by atoms with Gasteiger partial charge < -0.3 is 0 Å². The largest absolute Gasteiger partial charge is 0.271 e. The van der Waals surface area contributed by atoms with Crippen LogP contribution in [0, 0.1) is 11.7 Å². The van der Waals surface area contributed by atoms with Crippen LogP contribution in [0.4, 0.5) is 4.39 Å². The average Bonchev–Trinajstić information content (AvgIpc) is 2.29. The zero-order valence-electron chi connectivity index (χ0n) is 9.63. The van der Waals surface area contributed by atoms with Gasteiger partial charge >= 0.3 is 0 Å². The molecule has 4 heteroatoms. The molecule has 0 aliphatic heterocycles. The van der Waals surface area contributed by atoms with E-state index in [1.807, 2.05) is 0 Å². The molecule has 1 atom stereocenters. The third kappa shape index (κ3) is 3.03. The summed E-state index contributed by atoms with van der Waals surface area (Å²) in [6.45, 7) is 4.27. The van der Waals surface area contributed by atoms with Gasteiger partial charge in [0.25, 0.3) is 0 Å². The van der Waals surface area contributed by atoms with Gasteiger partial charge in [0, 0.05) is 6.04 Å². The first-order valence-corrected chi connectivity index (χ1v) is 6.34. The number of rotatable bonds is 5. The minimum Gasteiger partial charge on any atom is -0.271 e. The molecule has 0 spiro atoms. The Bertz CT molecular complexity index is 340. The van der Waals surface area contributed by atoms with Crippen molar-refractivity contribution >= 4 is 15.9 Å². The molecule has 0 amide bonds. The number of hydrazine groups is 1. The van der Waals surface area contributed by atoms with Crippen LogP contribution in [0.2, 0.25) is 0 Å². The molecule has 1 unspecified atom stereocenters. The van der Waals surface area contributed by atoms with E-state index >= 15 is 0 Å². The molecule has 3 N–H and O–H groups in total. The van der Waals surface area contributed by atoms with E-state index in [-0.39, 0.29) is 11.9 Å². The zero-order valence-corrected chi connectivity index (χ0v) is 11.2. The molecule has 16 heavy (non-hydrogen) atoms. The van der Waals surface area contributed by atoms with E-state index < -0.39 is 0 Å². The van der Waals surface area contributed by atoms with Crippen LogP contribution in [-0.2, 0) is 0 Å². The lowest BCUT2D eigenvalue weighted by atomic mass is 9.89. The van der Waals surface area contributed by atoms with Crippen LogP contribution in [0.3, 0.4) is 0 Å². The molecule has 0 aliphatic carbocycles. The second-order valence-electron chi connectivity index (χ2n) is 3.89. The highest BCUT2D eigenvalue weighted by molar-refractivity contribution is 9.10. The molecule has 0 saturated heterocycles. The second-order valence-corrected chi connectivity index (χ2v) is 4.75. The molecular formula is C12H18BrFN2. The van der Waals surface area contributed by atoms with Crippen molar-refractivity contribution in [2.75, 3.05) is 0 Å². The maximum absolute atomic E-state index is 13.1. The first kappa shape index (κ1) is 13.6. The Kier molecular flexibility index (Phi) is 5.38. The first-order chi connectivity index (χ1) is 7.63. The number of benzene rings is 1. The Morgan fingerprint density at radius 2 is 2.00 bits per heavy atom. The minimum absolute atomic E-state index is 0.0758. The monoisotopic (exact) mass is 288 g/mol. The summed E-state index contributed by atoms with van der Waals surface area (Å²) >= 11 is 3.19.